The Labute approximate surface area is 179 Å². The molecule has 2 fully saturated rings. The number of carboxylic acids is 1. The quantitative estimate of drug-likeness (QED) is 0.487. The van der Waals surface area contributed by atoms with E-state index >= 15 is 0 Å². The molecule has 0 aromatic carbocycles. The van der Waals surface area contributed by atoms with E-state index in [9.17, 15) is 9.90 Å². The highest BCUT2D eigenvalue weighted by Gasteiger charge is 2.60. The van der Waals surface area contributed by atoms with Crippen LogP contribution in [-0.2, 0) is 26.2 Å². The van der Waals surface area contributed by atoms with Crippen molar-refractivity contribution in [3.05, 3.63) is 11.7 Å². The van der Waals surface area contributed by atoms with Crippen LogP contribution >= 0.6 is 0 Å². The number of carbonyl (C=O) groups is 1. The highest BCUT2D eigenvalue weighted by molar-refractivity contribution is 5.69. The molecule has 0 saturated heterocycles. The number of aliphatic carboxylic acids is 1. The van der Waals surface area contributed by atoms with Crippen LogP contribution in [0.3, 0.4) is 0 Å². The Bertz CT molecular complexity index is 653. The van der Waals surface area contributed by atoms with E-state index in [0.717, 1.165) is 31.8 Å². The monoisotopic (exact) mass is 423 g/mol. The Hall–Kier alpha value is -1.51. The van der Waals surface area contributed by atoms with Gasteiger partial charge in [0.15, 0.2) is 5.82 Å². The van der Waals surface area contributed by atoms with Crippen molar-refractivity contribution in [2.24, 2.45) is 11.8 Å². The van der Waals surface area contributed by atoms with Gasteiger partial charge in [-0.05, 0) is 24.7 Å². The Morgan fingerprint density at radius 3 is 2.50 bits per heavy atom. The van der Waals surface area contributed by atoms with Gasteiger partial charge in [0.1, 0.15) is 0 Å². The second-order valence-electron chi connectivity index (χ2n) is 8.99. The smallest absolute Gasteiger partial charge is 0.304 e. The lowest BCUT2D eigenvalue weighted by molar-refractivity contribution is -0.138. The van der Waals surface area contributed by atoms with Crippen LogP contribution in [-0.4, -0.2) is 66.6 Å². The van der Waals surface area contributed by atoms with Crippen LogP contribution in [0.1, 0.15) is 69.5 Å². The van der Waals surface area contributed by atoms with Gasteiger partial charge in [-0.25, -0.2) is 0 Å². The van der Waals surface area contributed by atoms with Crippen molar-refractivity contribution < 1.29 is 23.9 Å². The first-order valence-electron chi connectivity index (χ1n) is 11.3. The fourth-order valence-electron chi connectivity index (χ4n) is 4.93. The van der Waals surface area contributed by atoms with Gasteiger partial charge < -0.3 is 19.1 Å². The molecule has 2 saturated carbocycles. The van der Waals surface area contributed by atoms with Crippen LogP contribution in [0.5, 0.6) is 0 Å². The maximum Gasteiger partial charge on any atom is 0.304 e. The van der Waals surface area contributed by atoms with Crippen LogP contribution in [0.25, 0.3) is 0 Å². The van der Waals surface area contributed by atoms with Crippen LogP contribution in [0.2, 0.25) is 0 Å². The number of carboxylic acid groups (broad SMARTS) is 1. The fourth-order valence-corrected chi connectivity index (χ4v) is 4.93. The average Bonchev–Trinajstić information content (AvgIpc) is 3.21. The molecule has 1 aromatic rings. The van der Waals surface area contributed by atoms with Crippen LogP contribution in [0.15, 0.2) is 4.52 Å². The van der Waals surface area contributed by atoms with E-state index < -0.39 is 11.4 Å². The molecule has 3 rings (SSSR count). The van der Waals surface area contributed by atoms with Gasteiger partial charge in [-0.2, -0.15) is 4.98 Å². The minimum absolute atomic E-state index is 0.0705. The van der Waals surface area contributed by atoms with Gasteiger partial charge in [-0.3, -0.25) is 9.69 Å². The Kier molecular flexibility index (Phi) is 8.65. The predicted molar refractivity (Wildman–Crippen MR) is 111 cm³/mol. The molecule has 1 heterocycles. The third-order valence-corrected chi connectivity index (χ3v) is 6.83. The van der Waals surface area contributed by atoms with E-state index in [1.165, 1.54) is 38.5 Å². The van der Waals surface area contributed by atoms with Crippen molar-refractivity contribution in [1.29, 1.82) is 0 Å². The van der Waals surface area contributed by atoms with Gasteiger partial charge in [0.05, 0.1) is 31.6 Å². The summed E-state index contributed by atoms with van der Waals surface area (Å²) in [6, 6.07) is 0. The molecule has 8 nitrogen and oxygen atoms in total. The van der Waals surface area contributed by atoms with Crippen molar-refractivity contribution in [2.75, 3.05) is 40.5 Å². The van der Waals surface area contributed by atoms with E-state index in [0.29, 0.717) is 37.4 Å². The molecule has 170 valence electrons. The summed E-state index contributed by atoms with van der Waals surface area (Å²) in [5.41, 5.74) is -0.477. The molecule has 2 aliphatic rings. The summed E-state index contributed by atoms with van der Waals surface area (Å²) >= 11 is 0. The van der Waals surface area contributed by atoms with Crippen molar-refractivity contribution in [3.8, 4) is 0 Å². The number of ether oxygens (including phenoxy) is 2. The van der Waals surface area contributed by atoms with Crippen molar-refractivity contribution in [1.82, 2.24) is 15.0 Å². The Balaban J connectivity index is 1.61. The molecule has 0 radical (unpaired) electrons. The van der Waals surface area contributed by atoms with E-state index in [4.69, 9.17) is 14.0 Å². The normalized spacial score (nSPS) is 24.4. The molecule has 30 heavy (non-hydrogen) atoms. The molecule has 2 aliphatic carbocycles. The lowest BCUT2D eigenvalue weighted by Crippen LogP contribution is -2.30. The van der Waals surface area contributed by atoms with Crippen molar-refractivity contribution in [3.63, 3.8) is 0 Å². The molecule has 2 atom stereocenters. The molecule has 8 heteroatoms. The molecule has 2 unspecified atom stereocenters. The number of hydrogen-bond acceptors (Lipinski definition) is 7. The molecule has 1 aromatic heterocycles. The summed E-state index contributed by atoms with van der Waals surface area (Å²) in [7, 11) is 3.36. The third kappa shape index (κ3) is 6.25. The predicted octanol–water partition coefficient (Wildman–Crippen LogP) is 3.26. The second kappa shape index (κ2) is 11.2. The fraction of sp³-hybridized carbons (Fsp3) is 0.864. The average molecular weight is 424 g/mol. The van der Waals surface area contributed by atoms with Gasteiger partial charge in [-0.15, -0.1) is 0 Å². The van der Waals surface area contributed by atoms with E-state index in [2.05, 4.69) is 15.0 Å². The molecule has 0 bridgehead atoms. The number of aromatic nitrogens is 2. The SMILES string of the molecule is COCCN(CCOC)Cc1noc(C2(CC(=O)O)CC2CCC2CCCCC2)n1. The van der Waals surface area contributed by atoms with E-state index in [1.807, 2.05) is 0 Å². The first kappa shape index (κ1) is 23.2. The molecular weight excluding hydrogens is 386 g/mol. The summed E-state index contributed by atoms with van der Waals surface area (Å²) in [4.78, 5) is 18.4. The second-order valence-corrected chi connectivity index (χ2v) is 8.99. The molecule has 0 spiro atoms. The molecule has 1 N–H and O–H groups in total. The zero-order valence-electron chi connectivity index (χ0n) is 18.5. The number of nitrogens with zero attached hydrogens (tertiary/aromatic N) is 3. The van der Waals surface area contributed by atoms with Gasteiger partial charge in [0.2, 0.25) is 5.89 Å². The standard InChI is InChI=1S/C22H37N3O5/c1-28-12-10-25(11-13-29-2)16-19-23-21(30-24-19)22(15-20(26)27)14-18(22)9-8-17-6-4-3-5-7-17/h17-18H,3-16H2,1-2H3,(H,26,27). The van der Waals surface area contributed by atoms with Gasteiger partial charge >= 0.3 is 5.97 Å². The molecule has 0 amide bonds. The first-order valence-corrected chi connectivity index (χ1v) is 11.3. The largest absolute Gasteiger partial charge is 0.481 e. The minimum atomic E-state index is -0.795. The summed E-state index contributed by atoms with van der Waals surface area (Å²) in [5, 5.41) is 13.7. The lowest BCUT2D eigenvalue weighted by Gasteiger charge is -2.21. The van der Waals surface area contributed by atoms with Crippen LogP contribution in [0, 0.1) is 11.8 Å². The van der Waals surface area contributed by atoms with Gasteiger partial charge in [0, 0.05) is 27.3 Å². The maximum absolute atomic E-state index is 11.6. The molecular formula is C22H37N3O5. The minimum Gasteiger partial charge on any atom is -0.481 e. The highest BCUT2D eigenvalue weighted by Crippen LogP contribution is 2.59. The number of hydrogen-bond donors (Lipinski definition) is 1. The summed E-state index contributed by atoms with van der Waals surface area (Å²) in [6.07, 6.45) is 9.84. The highest BCUT2D eigenvalue weighted by atomic mass is 16.5. The van der Waals surface area contributed by atoms with Gasteiger partial charge in [-0.1, -0.05) is 43.7 Å². The summed E-state index contributed by atoms with van der Waals surface area (Å²) in [5.74, 6) is 1.45. The summed E-state index contributed by atoms with van der Waals surface area (Å²) < 4.78 is 16.0. The van der Waals surface area contributed by atoms with E-state index in [1.54, 1.807) is 14.2 Å². The third-order valence-electron chi connectivity index (χ3n) is 6.83. The Morgan fingerprint density at radius 2 is 1.87 bits per heavy atom. The maximum atomic E-state index is 11.6. The number of rotatable bonds is 14. The number of methoxy groups -OCH3 is 2. The van der Waals surface area contributed by atoms with E-state index in [-0.39, 0.29) is 6.42 Å². The lowest BCUT2D eigenvalue weighted by atomic mass is 9.84. The summed E-state index contributed by atoms with van der Waals surface area (Å²) in [6.45, 7) is 3.25. The molecule has 0 aliphatic heterocycles. The van der Waals surface area contributed by atoms with Crippen molar-refractivity contribution >= 4 is 5.97 Å². The zero-order chi connectivity index (χ0) is 21.4. The van der Waals surface area contributed by atoms with Crippen LogP contribution in [0.4, 0.5) is 0 Å². The topological polar surface area (TPSA) is 97.9 Å². The first-order chi connectivity index (χ1) is 14.6. The Morgan fingerprint density at radius 1 is 1.17 bits per heavy atom. The zero-order valence-corrected chi connectivity index (χ0v) is 18.5. The van der Waals surface area contributed by atoms with Crippen LogP contribution < -0.4 is 0 Å². The van der Waals surface area contributed by atoms with Gasteiger partial charge in [0.25, 0.3) is 0 Å². The van der Waals surface area contributed by atoms with Crippen molar-refractivity contribution in [2.45, 2.75) is 69.7 Å².